The van der Waals surface area contributed by atoms with Gasteiger partial charge in [0.1, 0.15) is 0 Å². The zero-order valence-corrected chi connectivity index (χ0v) is 14.0. The smallest absolute Gasteiger partial charge is 0.0285 e. The van der Waals surface area contributed by atoms with Gasteiger partial charge in [-0.05, 0) is 29.5 Å². The zero-order chi connectivity index (χ0) is 13.1. The molecule has 0 N–H and O–H groups in total. The van der Waals surface area contributed by atoms with Crippen LogP contribution in [0.3, 0.4) is 0 Å². The van der Waals surface area contributed by atoms with Crippen LogP contribution in [0, 0.1) is 12.8 Å². The van der Waals surface area contributed by atoms with Gasteiger partial charge in [0.15, 0.2) is 0 Å². The summed E-state index contributed by atoms with van der Waals surface area (Å²) in [5.41, 5.74) is 5.75. The van der Waals surface area contributed by atoms with Crippen LogP contribution in [0.1, 0.15) is 29.5 Å². The van der Waals surface area contributed by atoms with E-state index in [1.54, 1.807) is 0 Å². The minimum atomic E-state index is 0.501. The molecule has 2 heteroatoms. The van der Waals surface area contributed by atoms with Crippen LogP contribution in [0.5, 0.6) is 0 Å². The number of alkyl halides is 2. The normalized spacial score (nSPS) is 23.0. The summed E-state index contributed by atoms with van der Waals surface area (Å²) in [5.74, 6) is 1.07. The maximum Gasteiger partial charge on any atom is 0.0285 e. The first-order valence-electron chi connectivity index (χ1n) is 6.26. The van der Waals surface area contributed by atoms with Crippen LogP contribution in [-0.4, -0.2) is 5.33 Å². The Hall–Kier alpha value is -0.340. The van der Waals surface area contributed by atoms with Gasteiger partial charge in [0, 0.05) is 16.6 Å². The molecule has 0 spiro atoms. The summed E-state index contributed by atoms with van der Waals surface area (Å²) in [6.45, 7) is 4.56. The molecule has 0 heterocycles. The molecule has 2 atom stereocenters. The van der Waals surface area contributed by atoms with Gasteiger partial charge in [-0.3, -0.25) is 0 Å². The highest BCUT2D eigenvalue weighted by molar-refractivity contribution is 9.09. The summed E-state index contributed by atoms with van der Waals surface area (Å²) in [4.78, 5) is 0. The predicted octanol–water partition coefficient (Wildman–Crippen LogP) is 5.50. The first kappa shape index (κ1) is 14.1. The molecule has 1 aliphatic rings. The van der Waals surface area contributed by atoms with Crippen LogP contribution in [-0.2, 0) is 5.33 Å². The molecule has 1 aromatic carbocycles. The molecule has 0 aliphatic heterocycles. The molecular weight excluding hydrogens is 352 g/mol. The van der Waals surface area contributed by atoms with Crippen molar-refractivity contribution in [1.82, 2.24) is 0 Å². The fourth-order valence-electron chi connectivity index (χ4n) is 2.60. The Bertz CT molecular complexity index is 486. The molecule has 0 bridgehead atoms. The lowest BCUT2D eigenvalue weighted by molar-refractivity contribution is 0.598. The number of benzene rings is 1. The van der Waals surface area contributed by atoms with Gasteiger partial charge in [0.2, 0.25) is 0 Å². The van der Waals surface area contributed by atoms with E-state index in [0.717, 1.165) is 10.7 Å². The molecule has 1 aliphatic carbocycles. The maximum absolute atomic E-state index is 3.59. The fourth-order valence-corrected chi connectivity index (χ4v) is 3.90. The zero-order valence-electron chi connectivity index (χ0n) is 10.8. The molecule has 18 heavy (non-hydrogen) atoms. The minimum absolute atomic E-state index is 0.501. The molecule has 0 aromatic heterocycles. The van der Waals surface area contributed by atoms with Crippen LogP contribution in [0.25, 0.3) is 0 Å². The molecule has 2 unspecified atom stereocenters. The lowest BCUT2D eigenvalue weighted by Gasteiger charge is -2.28. The van der Waals surface area contributed by atoms with Gasteiger partial charge >= 0.3 is 0 Å². The third-order valence-electron chi connectivity index (χ3n) is 3.90. The number of hydrogen-bond donors (Lipinski definition) is 0. The molecule has 1 aromatic rings. The predicted molar refractivity (Wildman–Crippen MR) is 86.7 cm³/mol. The van der Waals surface area contributed by atoms with Crippen molar-refractivity contribution in [3.8, 4) is 0 Å². The quantitative estimate of drug-likeness (QED) is 0.617. The van der Waals surface area contributed by atoms with E-state index >= 15 is 0 Å². The lowest BCUT2D eigenvalue weighted by atomic mass is 9.78. The molecule has 0 amide bonds. The molecule has 0 saturated heterocycles. The summed E-state index contributed by atoms with van der Waals surface area (Å²) in [6, 6.07) is 6.64. The standard InChI is InChI=1S/C16H18Br2/c1-11-13(9-17)5-3-7-15(11)16-8-4-6-14(10-18)12(16)2/h3-8,11,15H,9-10H2,1-2H3. The van der Waals surface area contributed by atoms with Crippen molar-refractivity contribution >= 4 is 31.9 Å². The van der Waals surface area contributed by atoms with Crippen molar-refractivity contribution in [2.24, 2.45) is 5.92 Å². The maximum atomic E-state index is 3.59. The molecule has 0 nitrogen and oxygen atoms in total. The highest BCUT2D eigenvalue weighted by Gasteiger charge is 2.23. The average molecular weight is 370 g/mol. The van der Waals surface area contributed by atoms with E-state index in [9.17, 15) is 0 Å². The second kappa shape index (κ2) is 6.21. The van der Waals surface area contributed by atoms with E-state index in [4.69, 9.17) is 0 Å². The summed E-state index contributed by atoms with van der Waals surface area (Å²) in [7, 11) is 0. The Morgan fingerprint density at radius 3 is 2.61 bits per heavy atom. The second-order valence-electron chi connectivity index (χ2n) is 4.84. The monoisotopic (exact) mass is 368 g/mol. The van der Waals surface area contributed by atoms with E-state index in [1.165, 1.54) is 22.3 Å². The van der Waals surface area contributed by atoms with Gasteiger partial charge in [-0.2, -0.15) is 0 Å². The van der Waals surface area contributed by atoms with Crippen LogP contribution in [0.15, 0.2) is 42.0 Å². The van der Waals surface area contributed by atoms with Crippen molar-refractivity contribution in [3.63, 3.8) is 0 Å². The Morgan fingerprint density at radius 1 is 1.17 bits per heavy atom. The third-order valence-corrected chi connectivity index (χ3v) is 5.15. The highest BCUT2D eigenvalue weighted by Crippen LogP contribution is 2.37. The van der Waals surface area contributed by atoms with Crippen molar-refractivity contribution in [2.45, 2.75) is 25.1 Å². The molecule has 96 valence electrons. The number of halogens is 2. The van der Waals surface area contributed by atoms with Crippen LogP contribution < -0.4 is 0 Å². The van der Waals surface area contributed by atoms with Crippen molar-refractivity contribution in [1.29, 1.82) is 0 Å². The molecule has 0 radical (unpaired) electrons. The summed E-state index contributed by atoms with van der Waals surface area (Å²) >= 11 is 7.16. The largest absolute Gasteiger partial charge is 0.0880 e. The van der Waals surface area contributed by atoms with Gasteiger partial charge < -0.3 is 0 Å². The SMILES string of the molecule is Cc1c(CBr)cccc1C1C=CC=C(CBr)C1C. The molecular formula is C16H18Br2. The average Bonchev–Trinajstić information content (AvgIpc) is 2.40. The van der Waals surface area contributed by atoms with E-state index in [2.05, 4.69) is 82.1 Å². The first-order chi connectivity index (χ1) is 8.69. The second-order valence-corrected chi connectivity index (χ2v) is 5.96. The van der Waals surface area contributed by atoms with Gasteiger partial charge in [-0.15, -0.1) is 0 Å². The Balaban J connectivity index is 2.39. The van der Waals surface area contributed by atoms with Crippen LogP contribution in [0.2, 0.25) is 0 Å². The number of hydrogen-bond acceptors (Lipinski definition) is 0. The number of allylic oxidation sites excluding steroid dienone is 4. The number of rotatable bonds is 3. The van der Waals surface area contributed by atoms with Crippen LogP contribution >= 0.6 is 31.9 Å². The van der Waals surface area contributed by atoms with E-state index < -0.39 is 0 Å². The van der Waals surface area contributed by atoms with Gasteiger partial charge in [0.05, 0.1) is 0 Å². The Labute approximate surface area is 126 Å². The topological polar surface area (TPSA) is 0 Å². The molecule has 2 rings (SSSR count). The van der Waals surface area contributed by atoms with E-state index in [-0.39, 0.29) is 0 Å². The van der Waals surface area contributed by atoms with Crippen molar-refractivity contribution in [2.75, 3.05) is 5.33 Å². The summed E-state index contributed by atoms with van der Waals surface area (Å²) in [5, 5.41) is 1.89. The molecule has 0 fully saturated rings. The molecule has 0 saturated carbocycles. The fraction of sp³-hybridized carbons (Fsp3) is 0.375. The van der Waals surface area contributed by atoms with Gasteiger partial charge in [-0.25, -0.2) is 0 Å². The van der Waals surface area contributed by atoms with E-state index in [0.29, 0.717) is 11.8 Å². The van der Waals surface area contributed by atoms with Crippen molar-refractivity contribution < 1.29 is 0 Å². The minimum Gasteiger partial charge on any atom is -0.0880 e. The van der Waals surface area contributed by atoms with E-state index in [1.807, 2.05) is 0 Å². The van der Waals surface area contributed by atoms with Gasteiger partial charge in [-0.1, -0.05) is 80.8 Å². The lowest BCUT2D eigenvalue weighted by Crippen LogP contribution is -2.15. The first-order valence-corrected chi connectivity index (χ1v) is 8.51. The van der Waals surface area contributed by atoms with Crippen molar-refractivity contribution in [3.05, 3.63) is 58.7 Å². The van der Waals surface area contributed by atoms with Crippen LogP contribution in [0.4, 0.5) is 0 Å². The Morgan fingerprint density at radius 2 is 1.94 bits per heavy atom. The summed E-state index contributed by atoms with van der Waals surface area (Å²) in [6.07, 6.45) is 6.76. The third kappa shape index (κ3) is 2.65. The Kier molecular flexibility index (Phi) is 4.85. The highest BCUT2D eigenvalue weighted by atomic mass is 79.9. The summed E-state index contributed by atoms with van der Waals surface area (Å²) < 4.78 is 0. The van der Waals surface area contributed by atoms with Gasteiger partial charge in [0.25, 0.3) is 0 Å².